The van der Waals surface area contributed by atoms with Crippen molar-refractivity contribution in [2.45, 2.75) is 37.9 Å². The van der Waals surface area contributed by atoms with Gasteiger partial charge in [-0.1, -0.05) is 30.3 Å². The normalized spacial score (nSPS) is 19.3. The molecule has 1 aliphatic heterocycles. The third-order valence-electron chi connectivity index (χ3n) is 5.87. The van der Waals surface area contributed by atoms with Crippen LogP contribution in [0.4, 0.5) is 4.39 Å². The van der Waals surface area contributed by atoms with Crippen LogP contribution in [0.2, 0.25) is 0 Å². The molecule has 2 aliphatic rings. The van der Waals surface area contributed by atoms with Gasteiger partial charge in [-0.3, -0.25) is 14.5 Å². The van der Waals surface area contributed by atoms with Crippen molar-refractivity contribution in [3.05, 3.63) is 65.0 Å². The van der Waals surface area contributed by atoms with E-state index in [0.717, 1.165) is 12.8 Å². The van der Waals surface area contributed by atoms with Crippen LogP contribution in [0.3, 0.4) is 0 Å². The number of halogens is 1. The van der Waals surface area contributed by atoms with Crippen molar-refractivity contribution in [2.24, 2.45) is 0 Å². The van der Waals surface area contributed by atoms with Gasteiger partial charge in [0.2, 0.25) is 11.8 Å². The Balaban J connectivity index is 1.39. The number of methoxy groups -OCH3 is 1. The molecule has 2 amide bonds. The number of piperazine rings is 1. The molecule has 6 nitrogen and oxygen atoms in total. The monoisotopic (exact) mass is 411 g/mol. The molecule has 1 unspecified atom stereocenters. The van der Waals surface area contributed by atoms with Crippen molar-refractivity contribution in [1.29, 1.82) is 0 Å². The minimum atomic E-state index is -0.621. The number of benzene rings is 2. The number of nitrogens with zero attached hydrogens (tertiary/aromatic N) is 1. The lowest BCUT2D eigenvalue weighted by atomic mass is 10.1. The molecule has 158 valence electrons. The number of carbonyl (C=O) groups is 2. The molecule has 2 aromatic carbocycles. The fourth-order valence-electron chi connectivity index (χ4n) is 4.30. The van der Waals surface area contributed by atoms with Crippen LogP contribution >= 0.6 is 0 Å². The van der Waals surface area contributed by atoms with Gasteiger partial charge in [-0.05, 0) is 30.0 Å². The molecular weight excluding hydrogens is 385 g/mol. The van der Waals surface area contributed by atoms with Crippen LogP contribution in [-0.2, 0) is 29.0 Å². The number of hydrogen-bond donors (Lipinski definition) is 2. The first-order valence-electron chi connectivity index (χ1n) is 10.2. The minimum absolute atomic E-state index is 0.0500. The fourth-order valence-corrected chi connectivity index (χ4v) is 4.30. The lowest BCUT2D eigenvalue weighted by molar-refractivity contribution is -0.134. The Morgan fingerprint density at radius 3 is 2.63 bits per heavy atom. The van der Waals surface area contributed by atoms with E-state index in [1.165, 1.54) is 24.3 Å². The van der Waals surface area contributed by atoms with Crippen LogP contribution in [-0.4, -0.2) is 49.0 Å². The second-order valence-corrected chi connectivity index (χ2v) is 7.88. The zero-order chi connectivity index (χ0) is 21.1. The molecule has 0 aromatic heterocycles. The Labute approximate surface area is 175 Å². The summed E-state index contributed by atoms with van der Waals surface area (Å²) in [6.07, 6.45) is 1.66. The highest BCUT2D eigenvalue weighted by molar-refractivity contribution is 5.89. The molecule has 2 aromatic rings. The second-order valence-electron chi connectivity index (χ2n) is 7.88. The minimum Gasteiger partial charge on any atom is -0.497 e. The van der Waals surface area contributed by atoms with Crippen molar-refractivity contribution in [1.82, 2.24) is 15.5 Å². The standard InChI is InChI=1S/C23H26FN3O3/c1-30-19-7-6-17(20(24)12-19)14-27-9-8-25-23(29)21(27)13-22(28)26-18-10-15-4-2-3-5-16(15)11-18/h2-7,12,18,21H,8-11,13-14H2,1H3,(H,25,29)(H,26,28). The van der Waals surface area contributed by atoms with E-state index in [1.54, 1.807) is 12.1 Å². The Morgan fingerprint density at radius 2 is 1.97 bits per heavy atom. The SMILES string of the molecule is COc1ccc(CN2CCNC(=O)C2CC(=O)NC2Cc3ccccc3C2)c(F)c1. The predicted octanol–water partition coefficient (Wildman–Crippen LogP) is 1.81. The van der Waals surface area contributed by atoms with Crippen molar-refractivity contribution in [2.75, 3.05) is 20.2 Å². The number of fused-ring (bicyclic) bond motifs is 1. The van der Waals surface area contributed by atoms with Gasteiger partial charge in [-0.2, -0.15) is 0 Å². The quantitative estimate of drug-likeness (QED) is 0.761. The first kappa shape index (κ1) is 20.3. The predicted molar refractivity (Wildman–Crippen MR) is 111 cm³/mol. The van der Waals surface area contributed by atoms with Gasteiger partial charge >= 0.3 is 0 Å². The van der Waals surface area contributed by atoms with E-state index in [1.807, 2.05) is 17.0 Å². The van der Waals surface area contributed by atoms with Crippen LogP contribution in [0.1, 0.15) is 23.1 Å². The van der Waals surface area contributed by atoms with Gasteiger partial charge in [0, 0.05) is 37.3 Å². The van der Waals surface area contributed by atoms with E-state index in [-0.39, 0.29) is 36.6 Å². The van der Waals surface area contributed by atoms with Crippen molar-refractivity contribution in [3.63, 3.8) is 0 Å². The third kappa shape index (κ3) is 4.46. The lowest BCUT2D eigenvalue weighted by Gasteiger charge is -2.35. The molecule has 4 rings (SSSR count). The molecule has 7 heteroatoms. The number of amides is 2. The smallest absolute Gasteiger partial charge is 0.237 e. The van der Waals surface area contributed by atoms with Gasteiger partial charge in [0.15, 0.2) is 0 Å². The van der Waals surface area contributed by atoms with Gasteiger partial charge in [-0.25, -0.2) is 4.39 Å². The highest BCUT2D eigenvalue weighted by Crippen LogP contribution is 2.23. The van der Waals surface area contributed by atoms with E-state index in [9.17, 15) is 14.0 Å². The summed E-state index contributed by atoms with van der Waals surface area (Å²) in [7, 11) is 1.49. The molecule has 1 atom stereocenters. The van der Waals surface area contributed by atoms with Crippen LogP contribution in [0.5, 0.6) is 5.75 Å². The van der Waals surface area contributed by atoms with Gasteiger partial charge in [0.25, 0.3) is 0 Å². The number of carbonyl (C=O) groups excluding carboxylic acids is 2. The summed E-state index contributed by atoms with van der Waals surface area (Å²) in [5.74, 6) is -0.288. The molecular formula is C23H26FN3O3. The van der Waals surface area contributed by atoms with Gasteiger partial charge in [-0.15, -0.1) is 0 Å². The first-order valence-corrected chi connectivity index (χ1v) is 10.2. The molecule has 0 saturated carbocycles. The topological polar surface area (TPSA) is 70.7 Å². The average molecular weight is 411 g/mol. The number of nitrogens with one attached hydrogen (secondary N) is 2. The third-order valence-corrected chi connectivity index (χ3v) is 5.87. The molecule has 1 fully saturated rings. The van der Waals surface area contributed by atoms with Crippen LogP contribution in [0.25, 0.3) is 0 Å². The number of ether oxygens (including phenoxy) is 1. The zero-order valence-electron chi connectivity index (χ0n) is 17.0. The van der Waals surface area contributed by atoms with Crippen LogP contribution < -0.4 is 15.4 Å². The summed E-state index contributed by atoms with van der Waals surface area (Å²) in [6.45, 7) is 1.30. The van der Waals surface area contributed by atoms with E-state index in [2.05, 4.69) is 22.8 Å². The first-order chi connectivity index (χ1) is 14.5. The molecule has 0 radical (unpaired) electrons. The summed E-state index contributed by atoms with van der Waals surface area (Å²) < 4.78 is 19.4. The van der Waals surface area contributed by atoms with Crippen LogP contribution in [0, 0.1) is 5.82 Å². The molecule has 2 N–H and O–H groups in total. The van der Waals surface area contributed by atoms with E-state index in [0.29, 0.717) is 24.4 Å². The van der Waals surface area contributed by atoms with E-state index in [4.69, 9.17) is 4.74 Å². The molecule has 30 heavy (non-hydrogen) atoms. The summed E-state index contributed by atoms with van der Waals surface area (Å²) in [6, 6.07) is 12.3. The average Bonchev–Trinajstić information content (AvgIpc) is 3.14. The van der Waals surface area contributed by atoms with Gasteiger partial charge in [0.1, 0.15) is 11.6 Å². The molecule has 1 saturated heterocycles. The van der Waals surface area contributed by atoms with Crippen LogP contribution in [0.15, 0.2) is 42.5 Å². The molecule has 1 heterocycles. The summed E-state index contributed by atoms with van der Waals surface area (Å²) >= 11 is 0. The molecule has 0 spiro atoms. The van der Waals surface area contributed by atoms with E-state index < -0.39 is 6.04 Å². The lowest BCUT2D eigenvalue weighted by Crippen LogP contribution is -2.56. The Bertz CT molecular complexity index is 924. The molecule has 1 aliphatic carbocycles. The van der Waals surface area contributed by atoms with Gasteiger partial charge < -0.3 is 15.4 Å². The highest BCUT2D eigenvalue weighted by atomic mass is 19.1. The van der Waals surface area contributed by atoms with Gasteiger partial charge in [0.05, 0.1) is 19.6 Å². The summed E-state index contributed by atoms with van der Waals surface area (Å²) in [5.41, 5.74) is 2.99. The van der Waals surface area contributed by atoms with Crippen molar-refractivity contribution >= 4 is 11.8 Å². The number of hydrogen-bond acceptors (Lipinski definition) is 4. The molecule has 0 bridgehead atoms. The highest BCUT2D eigenvalue weighted by Gasteiger charge is 2.33. The maximum Gasteiger partial charge on any atom is 0.237 e. The summed E-state index contributed by atoms with van der Waals surface area (Å²) in [5, 5.41) is 5.89. The Morgan fingerprint density at radius 1 is 1.23 bits per heavy atom. The number of rotatable bonds is 6. The van der Waals surface area contributed by atoms with E-state index >= 15 is 0 Å². The Hall–Kier alpha value is -2.93. The fraction of sp³-hybridized carbons (Fsp3) is 0.391. The largest absolute Gasteiger partial charge is 0.497 e. The summed E-state index contributed by atoms with van der Waals surface area (Å²) in [4.78, 5) is 27.1. The zero-order valence-corrected chi connectivity index (χ0v) is 17.0. The van der Waals surface area contributed by atoms with Crippen molar-refractivity contribution < 1.29 is 18.7 Å². The maximum atomic E-state index is 14.4. The second kappa shape index (κ2) is 8.83. The Kier molecular flexibility index (Phi) is 5.99. The maximum absolute atomic E-state index is 14.4. The van der Waals surface area contributed by atoms with Crippen molar-refractivity contribution in [3.8, 4) is 5.75 Å².